The summed E-state index contributed by atoms with van der Waals surface area (Å²) < 4.78 is 9.27. The van der Waals surface area contributed by atoms with Crippen molar-refractivity contribution < 1.29 is 4.74 Å². The monoisotopic (exact) mass is 731 g/mol. The van der Waals surface area contributed by atoms with Crippen LogP contribution in [-0.2, 0) is 5.41 Å². The maximum Gasteiger partial charge on any atom is 0.132 e. The molecule has 0 radical (unpaired) electrons. The molecule has 2 aliphatic rings. The number of benzene rings is 9. The highest BCUT2D eigenvalue weighted by atomic mass is 32.1. The Morgan fingerprint density at radius 3 is 1.79 bits per heavy atom. The second kappa shape index (κ2) is 12.0. The lowest BCUT2D eigenvalue weighted by Crippen LogP contribution is -2.32. The van der Waals surface area contributed by atoms with Crippen molar-refractivity contribution in [3.8, 4) is 33.8 Å². The quantitative estimate of drug-likeness (QED) is 0.179. The van der Waals surface area contributed by atoms with Gasteiger partial charge in [-0.1, -0.05) is 158 Å². The van der Waals surface area contributed by atoms with Gasteiger partial charge in [0.25, 0.3) is 0 Å². The number of hydrogen-bond donors (Lipinski definition) is 0. The fraction of sp³-hybridized carbons (Fsp3) is 0.0189. The van der Waals surface area contributed by atoms with Crippen LogP contribution in [0.2, 0.25) is 0 Å². The smallest absolute Gasteiger partial charge is 0.132 e. The van der Waals surface area contributed by atoms with Crippen molar-refractivity contribution in [1.82, 2.24) is 0 Å². The first-order chi connectivity index (χ1) is 27.8. The van der Waals surface area contributed by atoms with Crippen LogP contribution in [-0.4, -0.2) is 0 Å². The maximum atomic E-state index is 6.71. The number of anilines is 3. The van der Waals surface area contributed by atoms with Gasteiger partial charge in [-0.05, 0) is 81.1 Å². The molecule has 0 saturated carbocycles. The average molecular weight is 732 g/mol. The molecule has 12 rings (SSSR count). The third-order valence-corrected chi connectivity index (χ3v) is 13.1. The molecule has 10 aromatic rings. The van der Waals surface area contributed by atoms with E-state index in [0.717, 1.165) is 34.0 Å². The van der Waals surface area contributed by atoms with E-state index in [2.05, 4.69) is 205 Å². The average Bonchev–Trinajstić information content (AvgIpc) is 3.80. The van der Waals surface area contributed by atoms with Gasteiger partial charge < -0.3 is 9.64 Å². The van der Waals surface area contributed by atoms with E-state index in [-0.39, 0.29) is 0 Å². The second-order valence-corrected chi connectivity index (χ2v) is 15.8. The van der Waals surface area contributed by atoms with Gasteiger partial charge in [-0.2, -0.15) is 0 Å². The molecule has 1 aliphatic heterocycles. The number of fused-ring (bicyclic) bond motifs is 14. The molecule has 0 fully saturated rings. The Morgan fingerprint density at radius 1 is 0.393 bits per heavy atom. The Bertz CT molecular complexity index is 3130. The van der Waals surface area contributed by atoms with E-state index in [1.165, 1.54) is 70.0 Å². The third kappa shape index (κ3) is 4.32. The molecule has 0 N–H and O–H groups in total. The van der Waals surface area contributed by atoms with E-state index in [0.29, 0.717) is 0 Å². The summed E-state index contributed by atoms with van der Waals surface area (Å²) in [7, 11) is 0. The molecule has 56 heavy (non-hydrogen) atoms. The van der Waals surface area contributed by atoms with Crippen LogP contribution in [0.5, 0.6) is 11.5 Å². The van der Waals surface area contributed by atoms with Gasteiger partial charge >= 0.3 is 0 Å². The highest BCUT2D eigenvalue weighted by molar-refractivity contribution is 7.26. The predicted molar refractivity (Wildman–Crippen MR) is 234 cm³/mol. The molecule has 0 amide bonds. The molecule has 3 heteroatoms. The van der Waals surface area contributed by atoms with E-state index in [9.17, 15) is 0 Å². The van der Waals surface area contributed by atoms with Crippen LogP contribution in [0, 0.1) is 0 Å². The standard InChI is InChI=1S/C53H33NOS/c1-2-14-34(15-3-1)35-28-31-37(32-29-35)54(46-24-12-19-40-39-18-6-11-27-49(39)56-52(40)46)45-23-13-22-43-51(45)50-38-17-5-4-16-36(38)30-33-44(50)53(43)41-20-7-9-25-47(41)55-48-26-10-8-21-42(48)53/h1-33H. The number of hydrogen-bond acceptors (Lipinski definition) is 3. The Kier molecular flexibility index (Phi) is 6.75. The van der Waals surface area contributed by atoms with Gasteiger partial charge in [0.15, 0.2) is 0 Å². The molecule has 9 aromatic carbocycles. The van der Waals surface area contributed by atoms with Gasteiger partial charge in [-0.15, -0.1) is 11.3 Å². The predicted octanol–water partition coefficient (Wildman–Crippen LogP) is 14.8. The zero-order chi connectivity index (χ0) is 36.8. The van der Waals surface area contributed by atoms with E-state index < -0.39 is 5.41 Å². The van der Waals surface area contributed by atoms with Gasteiger partial charge in [-0.3, -0.25) is 0 Å². The molecule has 0 bridgehead atoms. The van der Waals surface area contributed by atoms with Crippen LogP contribution in [0.3, 0.4) is 0 Å². The Balaban J connectivity index is 1.21. The fourth-order valence-corrected chi connectivity index (χ4v) is 10.8. The summed E-state index contributed by atoms with van der Waals surface area (Å²) in [5.41, 5.74) is 12.6. The number of thiophene rings is 1. The van der Waals surface area contributed by atoms with Crippen molar-refractivity contribution >= 4 is 59.3 Å². The minimum atomic E-state index is -0.595. The van der Waals surface area contributed by atoms with E-state index >= 15 is 0 Å². The van der Waals surface area contributed by atoms with Gasteiger partial charge in [0.05, 0.1) is 21.5 Å². The van der Waals surface area contributed by atoms with Crippen molar-refractivity contribution in [3.63, 3.8) is 0 Å². The second-order valence-electron chi connectivity index (χ2n) is 14.8. The SMILES string of the molecule is c1ccc(-c2ccc(N(c3cccc4c3-c3c(ccc5ccccc35)C43c4ccccc4Oc4ccccc43)c3cccc4c3sc3ccccc34)cc2)cc1. The topological polar surface area (TPSA) is 12.5 Å². The normalized spacial score (nSPS) is 13.3. The third-order valence-electron chi connectivity index (χ3n) is 11.9. The van der Waals surface area contributed by atoms with Crippen molar-refractivity contribution in [2.75, 3.05) is 4.90 Å². The number of para-hydroxylation sites is 2. The molecule has 0 saturated heterocycles. The van der Waals surface area contributed by atoms with Crippen molar-refractivity contribution in [1.29, 1.82) is 0 Å². The molecule has 1 aromatic heterocycles. The summed E-state index contributed by atoms with van der Waals surface area (Å²) in [5.74, 6) is 1.79. The molecule has 1 aliphatic carbocycles. The summed E-state index contributed by atoms with van der Waals surface area (Å²) >= 11 is 1.87. The van der Waals surface area contributed by atoms with Crippen LogP contribution in [0.1, 0.15) is 22.3 Å². The summed E-state index contributed by atoms with van der Waals surface area (Å²) in [6, 6.07) is 73.1. The molecule has 1 spiro atoms. The molecule has 2 nitrogen and oxygen atoms in total. The lowest BCUT2D eigenvalue weighted by molar-refractivity contribution is 0.436. The van der Waals surface area contributed by atoms with Crippen LogP contribution in [0.4, 0.5) is 17.1 Å². The highest BCUT2D eigenvalue weighted by Crippen LogP contribution is 2.65. The fourth-order valence-electron chi connectivity index (χ4n) is 9.62. The first-order valence-electron chi connectivity index (χ1n) is 19.2. The minimum absolute atomic E-state index is 0.595. The number of ether oxygens (including phenoxy) is 1. The van der Waals surface area contributed by atoms with Crippen LogP contribution < -0.4 is 9.64 Å². The summed E-state index contributed by atoms with van der Waals surface area (Å²) in [6.45, 7) is 0. The Hall–Kier alpha value is -6.94. The Labute approximate surface area is 329 Å². The summed E-state index contributed by atoms with van der Waals surface area (Å²) in [6.07, 6.45) is 0. The van der Waals surface area contributed by atoms with Crippen LogP contribution >= 0.6 is 11.3 Å². The number of nitrogens with zero attached hydrogens (tertiary/aromatic N) is 1. The van der Waals surface area contributed by atoms with E-state index in [1.54, 1.807) is 0 Å². The van der Waals surface area contributed by atoms with Gasteiger partial charge in [0, 0.05) is 37.9 Å². The van der Waals surface area contributed by atoms with Gasteiger partial charge in [-0.25, -0.2) is 0 Å². The largest absolute Gasteiger partial charge is 0.457 e. The minimum Gasteiger partial charge on any atom is -0.457 e. The molecular formula is C53H33NOS. The van der Waals surface area contributed by atoms with Crippen molar-refractivity contribution in [2.45, 2.75) is 5.41 Å². The van der Waals surface area contributed by atoms with Crippen LogP contribution in [0.15, 0.2) is 200 Å². The van der Waals surface area contributed by atoms with Gasteiger partial charge in [0.1, 0.15) is 11.5 Å². The molecule has 0 unspecified atom stereocenters. The van der Waals surface area contributed by atoms with E-state index in [1.807, 2.05) is 11.3 Å². The molecule has 2 heterocycles. The van der Waals surface area contributed by atoms with Gasteiger partial charge in [0.2, 0.25) is 0 Å². The maximum absolute atomic E-state index is 6.71. The number of rotatable bonds is 4. The Morgan fingerprint density at radius 2 is 0.982 bits per heavy atom. The molecule has 262 valence electrons. The first-order valence-corrected chi connectivity index (χ1v) is 20.0. The zero-order valence-corrected chi connectivity index (χ0v) is 31.1. The highest BCUT2D eigenvalue weighted by Gasteiger charge is 2.52. The van der Waals surface area contributed by atoms with Crippen molar-refractivity contribution in [3.05, 3.63) is 222 Å². The molecular weight excluding hydrogens is 699 g/mol. The first kappa shape index (κ1) is 31.4. The lowest BCUT2D eigenvalue weighted by atomic mass is 9.66. The summed E-state index contributed by atoms with van der Waals surface area (Å²) in [4.78, 5) is 2.52. The lowest BCUT2D eigenvalue weighted by Gasteiger charge is -2.39. The van der Waals surface area contributed by atoms with Crippen LogP contribution in [0.25, 0.3) is 53.2 Å². The molecule has 0 atom stereocenters. The summed E-state index contributed by atoms with van der Waals surface area (Å²) in [5, 5.41) is 5.04. The van der Waals surface area contributed by atoms with E-state index in [4.69, 9.17) is 4.74 Å². The zero-order valence-electron chi connectivity index (χ0n) is 30.3. The van der Waals surface area contributed by atoms with Crippen molar-refractivity contribution in [2.24, 2.45) is 0 Å².